The molecule has 1 aromatic carbocycles. The third-order valence-electron chi connectivity index (χ3n) is 4.51. The highest BCUT2D eigenvalue weighted by Gasteiger charge is 2.19. The predicted octanol–water partition coefficient (Wildman–Crippen LogP) is 1.71. The zero-order valence-corrected chi connectivity index (χ0v) is 16.7. The van der Waals surface area contributed by atoms with Gasteiger partial charge in [-0.25, -0.2) is 0 Å². The molecule has 1 amide bonds. The number of hydrogen-bond acceptors (Lipinski definition) is 5. The molecule has 1 aliphatic rings. The van der Waals surface area contributed by atoms with Gasteiger partial charge in [-0.2, -0.15) is 0 Å². The third-order valence-corrected chi connectivity index (χ3v) is 4.51. The Bertz CT molecular complexity index is 546. The van der Waals surface area contributed by atoms with Crippen LogP contribution in [0.25, 0.3) is 0 Å². The second-order valence-corrected chi connectivity index (χ2v) is 7.84. The van der Waals surface area contributed by atoms with E-state index in [1.807, 2.05) is 12.1 Å². The largest absolute Gasteiger partial charge is 0.497 e. The topological polar surface area (TPSA) is 56.8 Å². The number of anilines is 1. The molecule has 2 rings (SSSR count). The maximum atomic E-state index is 12.1. The second-order valence-electron chi connectivity index (χ2n) is 7.84. The van der Waals surface area contributed by atoms with Gasteiger partial charge in [0.1, 0.15) is 5.75 Å². The average Bonchev–Trinajstić information content (AvgIpc) is 2.61. The summed E-state index contributed by atoms with van der Waals surface area (Å²) in [6, 6.07) is 8.16. The van der Waals surface area contributed by atoms with Gasteiger partial charge in [0, 0.05) is 44.0 Å². The van der Waals surface area contributed by atoms with E-state index in [2.05, 4.69) is 53.3 Å². The molecular formula is C20H34N4O2. The summed E-state index contributed by atoms with van der Waals surface area (Å²) >= 11 is 0. The molecule has 0 saturated carbocycles. The van der Waals surface area contributed by atoms with Crippen molar-refractivity contribution in [2.45, 2.75) is 32.7 Å². The van der Waals surface area contributed by atoms with Crippen molar-refractivity contribution in [3.63, 3.8) is 0 Å². The van der Waals surface area contributed by atoms with Gasteiger partial charge in [-0.3, -0.25) is 9.69 Å². The van der Waals surface area contributed by atoms with E-state index in [9.17, 15) is 4.79 Å². The number of nitrogens with one attached hydrogen (secondary N) is 2. The zero-order valence-electron chi connectivity index (χ0n) is 16.7. The fourth-order valence-electron chi connectivity index (χ4n) is 3.00. The lowest BCUT2D eigenvalue weighted by Crippen LogP contribution is -2.49. The highest BCUT2D eigenvalue weighted by Crippen LogP contribution is 2.20. The number of piperazine rings is 1. The molecule has 0 bridgehead atoms. The Morgan fingerprint density at radius 1 is 1.08 bits per heavy atom. The standard InChI is InChI=1S/C20H34N4O2/c1-20(2,3)22-11-5-10-21-19(25)16-23-12-14-24(15-13-23)17-6-8-18(26-4)9-7-17/h6-9,22H,5,10-16H2,1-4H3,(H,21,25). The molecule has 0 aromatic heterocycles. The van der Waals surface area contributed by atoms with Crippen molar-refractivity contribution >= 4 is 11.6 Å². The van der Waals surface area contributed by atoms with Crippen molar-refractivity contribution in [1.29, 1.82) is 0 Å². The number of methoxy groups -OCH3 is 1. The van der Waals surface area contributed by atoms with E-state index in [4.69, 9.17) is 4.74 Å². The van der Waals surface area contributed by atoms with E-state index in [1.54, 1.807) is 7.11 Å². The lowest BCUT2D eigenvalue weighted by molar-refractivity contribution is -0.122. The first kappa shape index (κ1) is 20.5. The Morgan fingerprint density at radius 3 is 2.31 bits per heavy atom. The lowest BCUT2D eigenvalue weighted by atomic mass is 10.1. The van der Waals surface area contributed by atoms with Crippen molar-refractivity contribution in [3.8, 4) is 5.75 Å². The molecule has 0 spiro atoms. The highest BCUT2D eigenvalue weighted by molar-refractivity contribution is 5.78. The van der Waals surface area contributed by atoms with Gasteiger partial charge >= 0.3 is 0 Å². The Balaban J connectivity index is 1.62. The van der Waals surface area contributed by atoms with Crippen LogP contribution in [0.5, 0.6) is 5.75 Å². The molecule has 26 heavy (non-hydrogen) atoms. The molecular weight excluding hydrogens is 328 g/mol. The molecule has 2 N–H and O–H groups in total. The SMILES string of the molecule is COc1ccc(N2CCN(CC(=O)NCCCNC(C)(C)C)CC2)cc1. The summed E-state index contributed by atoms with van der Waals surface area (Å²) < 4.78 is 5.21. The summed E-state index contributed by atoms with van der Waals surface area (Å²) in [7, 11) is 1.68. The van der Waals surface area contributed by atoms with Crippen LogP contribution in [0.2, 0.25) is 0 Å². The molecule has 1 saturated heterocycles. The number of carbonyl (C=O) groups excluding carboxylic acids is 1. The molecule has 0 aliphatic carbocycles. The summed E-state index contributed by atoms with van der Waals surface area (Å²) in [5.74, 6) is 1.00. The van der Waals surface area contributed by atoms with E-state index in [1.165, 1.54) is 5.69 Å². The number of benzene rings is 1. The van der Waals surface area contributed by atoms with Crippen LogP contribution >= 0.6 is 0 Å². The first-order valence-electron chi connectivity index (χ1n) is 9.50. The maximum absolute atomic E-state index is 12.1. The van der Waals surface area contributed by atoms with Crippen molar-refractivity contribution < 1.29 is 9.53 Å². The average molecular weight is 363 g/mol. The Morgan fingerprint density at radius 2 is 1.73 bits per heavy atom. The van der Waals surface area contributed by atoms with Crippen molar-refractivity contribution in [2.24, 2.45) is 0 Å². The van der Waals surface area contributed by atoms with Crippen LogP contribution in [0.3, 0.4) is 0 Å². The quantitative estimate of drug-likeness (QED) is 0.690. The summed E-state index contributed by atoms with van der Waals surface area (Å²) in [4.78, 5) is 16.7. The van der Waals surface area contributed by atoms with Crippen molar-refractivity contribution in [3.05, 3.63) is 24.3 Å². The number of hydrogen-bond donors (Lipinski definition) is 2. The van der Waals surface area contributed by atoms with E-state index in [0.717, 1.165) is 51.4 Å². The Hall–Kier alpha value is -1.79. The number of nitrogens with zero attached hydrogens (tertiary/aromatic N) is 2. The first-order valence-corrected chi connectivity index (χ1v) is 9.50. The smallest absolute Gasteiger partial charge is 0.234 e. The highest BCUT2D eigenvalue weighted by atomic mass is 16.5. The fraction of sp³-hybridized carbons (Fsp3) is 0.650. The van der Waals surface area contributed by atoms with Crippen molar-refractivity contribution in [2.75, 3.05) is 57.8 Å². The van der Waals surface area contributed by atoms with Gasteiger partial charge in [-0.1, -0.05) is 0 Å². The predicted molar refractivity (Wildman–Crippen MR) is 107 cm³/mol. The number of rotatable bonds is 8. The Labute approximate surface area is 157 Å². The van der Waals surface area contributed by atoms with E-state index in [0.29, 0.717) is 6.54 Å². The van der Waals surface area contributed by atoms with Crippen LogP contribution in [0.4, 0.5) is 5.69 Å². The van der Waals surface area contributed by atoms with Gasteiger partial charge in [-0.15, -0.1) is 0 Å². The summed E-state index contributed by atoms with van der Waals surface area (Å²) in [5, 5.41) is 6.45. The summed E-state index contributed by atoms with van der Waals surface area (Å²) in [5.41, 5.74) is 1.34. The van der Waals surface area contributed by atoms with E-state index < -0.39 is 0 Å². The van der Waals surface area contributed by atoms with Gasteiger partial charge in [0.15, 0.2) is 0 Å². The molecule has 1 fully saturated rings. The third kappa shape index (κ3) is 7.22. The van der Waals surface area contributed by atoms with Crippen molar-refractivity contribution in [1.82, 2.24) is 15.5 Å². The molecule has 6 heteroatoms. The van der Waals surface area contributed by atoms with Gasteiger partial charge < -0.3 is 20.3 Å². The zero-order chi connectivity index (χ0) is 19.0. The van der Waals surface area contributed by atoms with E-state index >= 15 is 0 Å². The van der Waals surface area contributed by atoms with Gasteiger partial charge in [-0.05, 0) is 58.0 Å². The van der Waals surface area contributed by atoms with Crippen LogP contribution in [-0.4, -0.2) is 69.3 Å². The monoisotopic (exact) mass is 362 g/mol. The molecule has 1 aromatic rings. The van der Waals surface area contributed by atoms with Gasteiger partial charge in [0.2, 0.25) is 5.91 Å². The van der Waals surface area contributed by atoms with Gasteiger partial charge in [0.25, 0.3) is 0 Å². The molecule has 0 unspecified atom stereocenters. The van der Waals surface area contributed by atoms with Crippen LogP contribution in [0, 0.1) is 0 Å². The lowest BCUT2D eigenvalue weighted by Gasteiger charge is -2.35. The molecule has 0 atom stereocenters. The minimum Gasteiger partial charge on any atom is -0.497 e. The molecule has 1 heterocycles. The summed E-state index contributed by atoms with van der Waals surface area (Å²) in [6.45, 7) is 12.3. The van der Waals surface area contributed by atoms with Crippen LogP contribution in [0.1, 0.15) is 27.2 Å². The number of ether oxygens (including phenoxy) is 1. The normalized spacial score (nSPS) is 15.8. The Kier molecular flexibility index (Phi) is 7.72. The number of amides is 1. The van der Waals surface area contributed by atoms with Gasteiger partial charge in [0.05, 0.1) is 13.7 Å². The van der Waals surface area contributed by atoms with Crippen LogP contribution < -0.4 is 20.3 Å². The molecule has 0 radical (unpaired) electrons. The maximum Gasteiger partial charge on any atom is 0.234 e. The molecule has 1 aliphatic heterocycles. The molecule has 146 valence electrons. The summed E-state index contributed by atoms with van der Waals surface area (Å²) in [6.07, 6.45) is 0.953. The van der Waals surface area contributed by atoms with Crippen LogP contribution in [-0.2, 0) is 4.79 Å². The van der Waals surface area contributed by atoms with E-state index in [-0.39, 0.29) is 11.4 Å². The first-order chi connectivity index (χ1) is 12.4. The van der Waals surface area contributed by atoms with Crippen LogP contribution in [0.15, 0.2) is 24.3 Å². The minimum absolute atomic E-state index is 0.124. The number of carbonyl (C=O) groups is 1. The molecule has 6 nitrogen and oxygen atoms in total. The second kappa shape index (κ2) is 9.78. The minimum atomic E-state index is 0.124. The fourth-order valence-corrected chi connectivity index (χ4v) is 3.00.